The maximum atomic E-state index is 11.8. The van der Waals surface area contributed by atoms with Crippen molar-refractivity contribution in [2.75, 3.05) is 0 Å². The van der Waals surface area contributed by atoms with Gasteiger partial charge in [-0.25, -0.2) is 4.98 Å². The first kappa shape index (κ1) is 11.2. The van der Waals surface area contributed by atoms with Gasteiger partial charge in [0.15, 0.2) is 5.82 Å². The molecule has 0 aliphatic heterocycles. The number of amides is 1. The molecule has 1 unspecified atom stereocenters. The molecule has 1 atom stereocenters. The van der Waals surface area contributed by atoms with Gasteiger partial charge in [-0.15, -0.1) is 10.2 Å². The summed E-state index contributed by atoms with van der Waals surface area (Å²) < 4.78 is 0. The Hall–Kier alpha value is -2.31. The fraction of sp³-hybridized carbons (Fsp3) is 0.300. The number of hydrogen-bond acceptors (Lipinski definition) is 5. The minimum absolute atomic E-state index is 0.258. The minimum Gasteiger partial charge on any atom is -0.341 e. The Morgan fingerprint density at radius 1 is 1.47 bits per heavy atom. The minimum atomic E-state index is -0.316. The van der Waals surface area contributed by atoms with Gasteiger partial charge < -0.3 is 5.32 Å². The van der Waals surface area contributed by atoms with E-state index in [-0.39, 0.29) is 11.9 Å². The highest BCUT2D eigenvalue weighted by atomic mass is 16.1. The van der Waals surface area contributed by atoms with E-state index >= 15 is 0 Å². The molecule has 0 saturated heterocycles. The first-order valence-corrected chi connectivity index (χ1v) is 5.14. The molecule has 88 valence electrons. The molecule has 0 radical (unpaired) electrons. The molecule has 2 N–H and O–H groups in total. The van der Waals surface area contributed by atoms with Gasteiger partial charge in [-0.1, -0.05) is 11.3 Å². The van der Waals surface area contributed by atoms with Gasteiger partial charge in [0, 0.05) is 5.69 Å². The van der Waals surface area contributed by atoms with E-state index in [1.165, 1.54) is 0 Å². The number of carbonyl (C=O) groups is 1. The number of tetrazole rings is 1. The normalized spacial score (nSPS) is 12.1. The molecule has 0 spiro atoms. The van der Waals surface area contributed by atoms with Crippen LogP contribution in [0.5, 0.6) is 0 Å². The van der Waals surface area contributed by atoms with Crippen LogP contribution in [0.25, 0.3) is 0 Å². The van der Waals surface area contributed by atoms with Crippen molar-refractivity contribution in [2.45, 2.75) is 19.9 Å². The van der Waals surface area contributed by atoms with E-state index < -0.39 is 0 Å². The van der Waals surface area contributed by atoms with Crippen LogP contribution < -0.4 is 5.32 Å². The van der Waals surface area contributed by atoms with E-state index in [2.05, 4.69) is 30.9 Å². The van der Waals surface area contributed by atoms with Crippen molar-refractivity contribution in [1.82, 2.24) is 30.9 Å². The molecule has 2 aromatic rings. The summed E-state index contributed by atoms with van der Waals surface area (Å²) >= 11 is 0. The molecule has 2 heterocycles. The number of H-pyrrole nitrogens is 1. The number of aromatic amines is 1. The van der Waals surface area contributed by atoms with Gasteiger partial charge in [0.2, 0.25) is 0 Å². The maximum Gasteiger partial charge on any atom is 0.270 e. The van der Waals surface area contributed by atoms with Crippen LogP contribution in [0.4, 0.5) is 0 Å². The summed E-state index contributed by atoms with van der Waals surface area (Å²) in [5.41, 5.74) is 1.17. The molecule has 0 saturated carbocycles. The Balaban J connectivity index is 2.07. The number of rotatable bonds is 3. The first-order valence-electron chi connectivity index (χ1n) is 5.14. The SMILES string of the molecule is Cc1cccc(C(=O)NC(C)c2nn[nH]n2)n1. The highest BCUT2D eigenvalue weighted by molar-refractivity contribution is 5.92. The molecule has 1 amide bonds. The molecule has 0 aliphatic carbocycles. The highest BCUT2D eigenvalue weighted by Gasteiger charge is 2.15. The molecule has 2 rings (SSSR count). The monoisotopic (exact) mass is 232 g/mol. The number of pyridine rings is 1. The maximum absolute atomic E-state index is 11.8. The summed E-state index contributed by atoms with van der Waals surface area (Å²) in [7, 11) is 0. The van der Waals surface area contributed by atoms with Crippen molar-refractivity contribution in [3.05, 3.63) is 35.4 Å². The lowest BCUT2D eigenvalue weighted by Crippen LogP contribution is -2.28. The van der Waals surface area contributed by atoms with Crippen LogP contribution in [0, 0.1) is 6.92 Å². The van der Waals surface area contributed by atoms with Crippen LogP contribution in [0.3, 0.4) is 0 Å². The second kappa shape index (κ2) is 4.69. The number of nitrogens with one attached hydrogen (secondary N) is 2. The Kier molecular flexibility index (Phi) is 3.08. The van der Waals surface area contributed by atoms with Gasteiger partial charge in [0.05, 0.1) is 6.04 Å². The van der Waals surface area contributed by atoms with Crippen molar-refractivity contribution in [3.8, 4) is 0 Å². The average Bonchev–Trinajstić information content (AvgIpc) is 2.82. The van der Waals surface area contributed by atoms with Crippen molar-refractivity contribution in [1.29, 1.82) is 0 Å². The van der Waals surface area contributed by atoms with Crippen LogP contribution in [0.1, 0.15) is 35.0 Å². The average molecular weight is 232 g/mol. The zero-order chi connectivity index (χ0) is 12.3. The number of nitrogens with zero attached hydrogens (tertiary/aromatic N) is 4. The topological polar surface area (TPSA) is 96.5 Å². The third-order valence-corrected chi connectivity index (χ3v) is 2.22. The zero-order valence-corrected chi connectivity index (χ0v) is 9.51. The van der Waals surface area contributed by atoms with Crippen LogP contribution in [-0.4, -0.2) is 31.5 Å². The number of aryl methyl sites for hydroxylation is 1. The summed E-state index contributed by atoms with van der Waals surface area (Å²) in [4.78, 5) is 16.0. The number of carbonyl (C=O) groups excluding carboxylic acids is 1. The molecule has 7 nitrogen and oxygen atoms in total. The molecule has 0 aromatic carbocycles. The summed E-state index contributed by atoms with van der Waals surface area (Å²) in [6, 6.07) is 4.96. The Morgan fingerprint density at radius 3 is 2.94 bits per heavy atom. The molecule has 2 aromatic heterocycles. The van der Waals surface area contributed by atoms with E-state index in [0.717, 1.165) is 5.69 Å². The highest BCUT2D eigenvalue weighted by Crippen LogP contribution is 2.05. The zero-order valence-electron chi connectivity index (χ0n) is 9.51. The second-order valence-corrected chi connectivity index (χ2v) is 3.63. The summed E-state index contributed by atoms with van der Waals surface area (Å²) in [6.45, 7) is 3.61. The lowest BCUT2D eigenvalue weighted by Gasteiger charge is -2.09. The molecule has 0 aliphatic rings. The van der Waals surface area contributed by atoms with Gasteiger partial charge in [-0.3, -0.25) is 4.79 Å². The van der Waals surface area contributed by atoms with Crippen LogP contribution in [0.2, 0.25) is 0 Å². The summed E-state index contributed by atoms with van der Waals surface area (Å²) in [6.07, 6.45) is 0. The molecular weight excluding hydrogens is 220 g/mol. The van der Waals surface area contributed by atoms with Crippen molar-refractivity contribution in [2.24, 2.45) is 0 Å². The van der Waals surface area contributed by atoms with Crippen molar-refractivity contribution >= 4 is 5.91 Å². The third-order valence-electron chi connectivity index (χ3n) is 2.22. The fourth-order valence-corrected chi connectivity index (χ4v) is 1.36. The fourth-order valence-electron chi connectivity index (χ4n) is 1.36. The predicted molar refractivity (Wildman–Crippen MR) is 59.0 cm³/mol. The molecule has 0 fully saturated rings. The number of hydrogen-bond donors (Lipinski definition) is 2. The van der Waals surface area contributed by atoms with Gasteiger partial charge in [-0.2, -0.15) is 5.21 Å². The second-order valence-electron chi connectivity index (χ2n) is 3.63. The quantitative estimate of drug-likeness (QED) is 0.798. The number of aromatic nitrogens is 5. The van der Waals surface area contributed by atoms with E-state index in [1.54, 1.807) is 19.1 Å². The third kappa shape index (κ3) is 2.63. The molecule has 0 bridgehead atoms. The van der Waals surface area contributed by atoms with Crippen LogP contribution in [-0.2, 0) is 0 Å². The Labute approximate surface area is 97.7 Å². The summed E-state index contributed by atoms with van der Waals surface area (Å²) in [5, 5.41) is 16.1. The first-order chi connectivity index (χ1) is 8.16. The molecular formula is C10H12N6O. The van der Waals surface area contributed by atoms with E-state index in [4.69, 9.17) is 0 Å². The summed E-state index contributed by atoms with van der Waals surface area (Å²) in [5.74, 6) is 0.178. The van der Waals surface area contributed by atoms with Crippen LogP contribution >= 0.6 is 0 Å². The van der Waals surface area contributed by atoms with E-state index in [0.29, 0.717) is 11.5 Å². The smallest absolute Gasteiger partial charge is 0.270 e. The van der Waals surface area contributed by atoms with Crippen LogP contribution in [0.15, 0.2) is 18.2 Å². The largest absolute Gasteiger partial charge is 0.341 e. The van der Waals surface area contributed by atoms with Gasteiger partial charge in [0.25, 0.3) is 5.91 Å². The lowest BCUT2D eigenvalue weighted by atomic mass is 10.2. The lowest BCUT2D eigenvalue weighted by molar-refractivity contribution is 0.0933. The van der Waals surface area contributed by atoms with Gasteiger partial charge >= 0.3 is 0 Å². The molecule has 17 heavy (non-hydrogen) atoms. The van der Waals surface area contributed by atoms with Crippen molar-refractivity contribution in [3.63, 3.8) is 0 Å². The van der Waals surface area contributed by atoms with E-state index in [9.17, 15) is 4.79 Å². The Morgan fingerprint density at radius 2 is 2.29 bits per heavy atom. The standard InChI is InChI=1S/C10H12N6O/c1-6-4-3-5-8(11-6)10(17)12-7(2)9-13-15-16-14-9/h3-5,7H,1-2H3,(H,12,17)(H,13,14,15,16). The molecule has 7 heteroatoms. The van der Waals surface area contributed by atoms with Crippen molar-refractivity contribution < 1.29 is 4.79 Å². The van der Waals surface area contributed by atoms with Gasteiger partial charge in [0.1, 0.15) is 5.69 Å². The predicted octanol–water partition coefficient (Wildman–Crippen LogP) is 0.394. The Bertz CT molecular complexity index is 509. The van der Waals surface area contributed by atoms with Gasteiger partial charge in [-0.05, 0) is 26.0 Å². The van der Waals surface area contributed by atoms with E-state index in [1.807, 2.05) is 13.0 Å².